The van der Waals surface area contributed by atoms with Crippen molar-refractivity contribution in [2.24, 2.45) is 5.92 Å². The maximum Gasteiger partial charge on any atom is 0.309 e. The van der Waals surface area contributed by atoms with E-state index >= 15 is 0 Å². The Bertz CT molecular complexity index is 693. The number of carbonyl (C=O) groups excluding carboxylic acids is 1. The Morgan fingerprint density at radius 3 is 2.38 bits per heavy atom. The lowest BCUT2D eigenvalue weighted by Crippen LogP contribution is -2.41. The fraction of sp³-hybridized carbons (Fsp3) is 0.533. The molecule has 1 heterocycles. The minimum absolute atomic E-state index is 0.0189. The Kier molecular flexibility index (Phi) is 5.89. The first kappa shape index (κ1) is 18.3. The van der Waals surface area contributed by atoms with E-state index in [-0.39, 0.29) is 29.9 Å². The van der Waals surface area contributed by atoms with Gasteiger partial charge in [0.15, 0.2) is 0 Å². The van der Waals surface area contributed by atoms with Crippen LogP contribution in [0.3, 0.4) is 0 Å². The maximum atomic E-state index is 12.1. The molecular weight excluding hydrogens is 336 g/mol. The van der Waals surface area contributed by atoms with Crippen LogP contribution in [0.25, 0.3) is 0 Å². The van der Waals surface area contributed by atoms with E-state index in [1.54, 1.807) is 19.1 Å². The molecule has 0 N–H and O–H groups in total. The number of benzene rings is 1. The highest BCUT2D eigenvalue weighted by Crippen LogP contribution is 2.22. The molecule has 2 rings (SSSR count). The van der Waals surface area contributed by atoms with Gasteiger partial charge in [0, 0.05) is 25.2 Å². The quantitative estimate of drug-likeness (QED) is 0.436. The zero-order valence-electron chi connectivity index (χ0n) is 13.4. The molecule has 24 heavy (non-hydrogen) atoms. The number of hydrogen-bond donors (Lipinski definition) is 0. The molecule has 8 nitrogen and oxygen atoms in total. The van der Waals surface area contributed by atoms with Gasteiger partial charge in [0.05, 0.1) is 16.6 Å². The number of non-ortho nitro benzene ring substituents is 1. The Morgan fingerprint density at radius 2 is 1.88 bits per heavy atom. The van der Waals surface area contributed by atoms with E-state index in [0.29, 0.717) is 31.5 Å². The van der Waals surface area contributed by atoms with Gasteiger partial charge in [-0.15, -0.1) is 0 Å². The summed E-state index contributed by atoms with van der Waals surface area (Å²) in [4.78, 5) is 22.2. The van der Waals surface area contributed by atoms with Crippen LogP contribution in [0.1, 0.15) is 25.3 Å². The molecule has 0 saturated carbocycles. The predicted octanol–water partition coefficient (Wildman–Crippen LogP) is 1.70. The van der Waals surface area contributed by atoms with Crippen molar-refractivity contribution in [3.05, 3.63) is 39.9 Å². The molecule has 1 aliphatic rings. The third-order valence-corrected chi connectivity index (χ3v) is 5.96. The average molecular weight is 356 g/mol. The summed E-state index contributed by atoms with van der Waals surface area (Å²) in [6, 6.07) is 5.80. The van der Waals surface area contributed by atoms with Gasteiger partial charge in [-0.05, 0) is 37.5 Å². The second kappa shape index (κ2) is 7.71. The molecule has 1 aromatic carbocycles. The van der Waals surface area contributed by atoms with Gasteiger partial charge in [-0.1, -0.05) is 0 Å². The summed E-state index contributed by atoms with van der Waals surface area (Å²) in [5, 5.41) is 10.6. The third kappa shape index (κ3) is 4.51. The summed E-state index contributed by atoms with van der Waals surface area (Å²) < 4.78 is 30.2. The lowest BCUT2D eigenvalue weighted by atomic mass is 9.98. The van der Waals surface area contributed by atoms with Crippen LogP contribution in [0.5, 0.6) is 0 Å². The highest BCUT2D eigenvalue weighted by atomic mass is 32.2. The van der Waals surface area contributed by atoms with Crippen LogP contribution in [-0.2, 0) is 26.2 Å². The number of carbonyl (C=O) groups is 1. The fourth-order valence-electron chi connectivity index (χ4n) is 2.54. The summed E-state index contributed by atoms with van der Waals surface area (Å²) in [7, 11) is -3.21. The lowest BCUT2D eigenvalue weighted by Gasteiger charge is -2.29. The van der Waals surface area contributed by atoms with Crippen molar-refractivity contribution in [1.82, 2.24) is 4.31 Å². The van der Waals surface area contributed by atoms with Crippen LogP contribution < -0.4 is 0 Å². The number of nitro benzene ring substituents is 1. The van der Waals surface area contributed by atoms with E-state index in [2.05, 4.69) is 0 Å². The van der Waals surface area contributed by atoms with Crippen molar-refractivity contribution in [2.75, 3.05) is 18.8 Å². The van der Waals surface area contributed by atoms with Crippen molar-refractivity contribution in [1.29, 1.82) is 0 Å². The molecule has 132 valence electrons. The maximum absolute atomic E-state index is 12.1. The van der Waals surface area contributed by atoms with Crippen LogP contribution in [0.2, 0.25) is 0 Å². The number of ether oxygens (including phenoxy) is 1. The molecule has 0 aromatic heterocycles. The highest BCUT2D eigenvalue weighted by Gasteiger charge is 2.30. The zero-order chi connectivity index (χ0) is 17.7. The first-order chi connectivity index (χ1) is 11.3. The molecule has 0 aliphatic carbocycles. The molecule has 0 radical (unpaired) electrons. The van der Waals surface area contributed by atoms with Crippen LogP contribution in [0.15, 0.2) is 24.3 Å². The van der Waals surface area contributed by atoms with Gasteiger partial charge >= 0.3 is 5.97 Å². The summed E-state index contributed by atoms with van der Waals surface area (Å²) in [5.41, 5.74) is 0.648. The Balaban J connectivity index is 1.82. The summed E-state index contributed by atoms with van der Waals surface area (Å²) in [6.45, 7) is 2.30. The molecule has 1 aliphatic heterocycles. The minimum atomic E-state index is -3.21. The van der Waals surface area contributed by atoms with Crippen LogP contribution in [0, 0.1) is 16.0 Å². The number of nitrogens with zero attached hydrogens (tertiary/aromatic N) is 2. The molecule has 0 atom stereocenters. The second-order valence-corrected chi connectivity index (χ2v) is 7.86. The number of sulfonamides is 1. The number of rotatable bonds is 6. The average Bonchev–Trinajstić information content (AvgIpc) is 2.60. The van der Waals surface area contributed by atoms with Gasteiger partial charge in [0.25, 0.3) is 5.69 Å². The second-order valence-electron chi connectivity index (χ2n) is 5.61. The van der Waals surface area contributed by atoms with Crippen molar-refractivity contribution >= 4 is 21.7 Å². The van der Waals surface area contributed by atoms with E-state index in [1.807, 2.05) is 0 Å². The van der Waals surface area contributed by atoms with Crippen molar-refractivity contribution in [3.63, 3.8) is 0 Å². The third-order valence-electron chi connectivity index (χ3n) is 4.07. The predicted molar refractivity (Wildman–Crippen MR) is 86.7 cm³/mol. The van der Waals surface area contributed by atoms with E-state index in [0.717, 1.165) is 0 Å². The molecule has 0 amide bonds. The van der Waals surface area contributed by atoms with Gasteiger partial charge in [-0.2, -0.15) is 0 Å². The lowest BCUT2D eigenvalue weighted by molar-refractivity contribution is -0.384. The largest absolute Gasteiger partial charge is 0.461 e. The first-order valence-corrected chi connectivity index (χ1v) is 9.32. The number of piperidine rings is 1. The molecule has 9 heteroatoms. The Labute approximate surface area is 140 Å². The molecule has 1 aromatic rings. The molecule has 0 unspecified atom stereocenters. The zero-order valence-corrected chi connectivity index (χ0v) is 14.2. The van der Waals surface area contributed by atoms with Crippen LogP contribution in [-0.4, -0.2) is 42.5 Å². The fourth-order valence-corrected chi connectivity index (χ4v) is 3.67. The SMILES string of the molecule is CCS(=O)(=O)N1CCC(C(=O)OCc2ccc([N+](=O)[O-])cc2)CC1. The highest BCUT2D eigenvalue weighted by molar-refractivity contribution is 7.89. The van der Waals surface area contributed by atoms with Crippen LogP contribution >= 0.6 is 0 Å². The van der Waals surface area contributed by atoms with Gasteiger partial charge in [-0.25, -0.2) is 12.7 Å². The monoisotopic (exact) mass is 356 g/mol. The normalized spacial score (nSPS) is 16.7. The molecule has 0 spiro atoms. The van der Waals surface area contributed by atoms with Gasteiger partial charge < -0.3 is 4.74 Å². The van der Waals surface area contributed by atoms with E-state index in [1.165, 1.54) is 16.4 Å². The molecular formula is C15H20N2O6S. The molecule has 1 fully saturated rings. The van der Waals surface area contributed by atoms with Gasteiger partial charge in [0.1, 0.15) is 6.61 Å². The number of nitro groups is 1. The van der Waals surface area contributed by atoms with Gasteiger partial charge in [0.2, 0.25) is 10.0 Å². The Morgan fingerprint density at radius 1 is 1.29 bits per heavy atom. The van der Waals surface area contributed by atoms with E-state index in [9.17, 15) is 23.3 Å². The van der Waals surface area contributed by atoms with E-state index < -0.39 is 14.9 Å². The van der Waals surface area contributed by atoms with Crippen LogP contribution in [0.4, 0.5) is 5.69 Å². The molecule has 1 saturated heterocycles. The summed E-state index contributed by atoms with van der Waals surface area (Å²) >= 11 is 0. The Hall–Kier alpha value is -2.00. The topological polar surface area (TPSA) is 107 Å². The van der Waals surface area contributed by atoms with E-state index in [4.69, 9.17) is 4.74 Å². The summed E-state index contributed by atoms with van der Waals surface area (Å²) in [5.74, 6) is -0.615. The number of hydrogen-bond acceptors (Lipinski definition) is 6. The standard InChI is InChI=1S/C15H20N2O6S/c1-2-24(21,22)16-9-7-13(8-10-16)15(18)23-11-12-3-5-14(6-4-12)17(19)20/h3-6,13H,2,7-11H2,1H3. The van der Waals surface area contributed by atoms with Crippen molar-refractivity contribution in [3.8, 4) is 0 Å². The van der Waals surface area contributed by atoms with Gasteiger partial charge in [-0.3, -0.25) is 14.9 Å². The van der Waals surface area contributed by atoms with Crippen molar-refractivity contribution < 1.29 is 22.9 Å². The van der Waals surface area contributed by atoms with Crippen molar-refractivity contribution in [2.45, 2.75) is 26.4 Å². The number of esters is 1. The smallest absolute Gasteiger partial charge is 0.309 e. The minimum Gasteiger partial charge on any atom is -0.461 e. The first-order valence-electron chi connectivity index (χ1n) is 7.71. The summed E-state index contributed by atoms with van der Waals surface area (Å²) in [6.07, 6.45) is 0.886. The molecule has 0 bridgehead atoms.